The number of hydrogen-bond acceptors (Lipinski definition) is 6. The number of fused-ring (bicyclic) bond motifs is 2. The molecule has 8 heteroatoms. The van der Waals surface area contributed by atoms with Gasteiger partial charge in [0.2, 0.25) is 18.6 Å². The zero-order valence-corrected chi connectivity index (χ0v) is 16.0. The first-order chi connectivity index (χ1) is 14.0. The predicted octanol–water partition coefficient (Wildman–Crippen LogP) is 2.76. The maximum absolute atomic E-state index is 12.3. The molecule has 0 bridgehead atoms. The van der Waals surface area contributed by atoms with Gasteiger partial charge in [-0.3, -0.25) is 4.79 Å². The lowest BCUT2D eigenvalue weighted by molar-refractivity contribution is -0.115. The highest BCUT2D eigenvalue weighted by molar-refractivity contribution is 5.95. The highest BCUT2D eigenvalue weighted by Gasteiger charge is 2.34. The SMILES string of the molecule is CC1=C(C(N)=O)C(c2ccc3c(c2)OCO3)n2nc(-c3ccc(C)cc3)nc2N1. The second kappa shape index (κ2) is 6.37. The molecule has 2 aliphatic heterocycles. The van der Waals surface area contributed by atoms with Crippen LogP contribution in [-0.2, 0) is 4.79 Å². The molecule has 3 aromatic rings. The van der Waals surface area contributed by atoms with Gasteiger partial charge in [0.15, 0.2) is 17.3 Å². The molecule has 0 aliphatic carbocycles. The maximum atomic E-state index is 12.3. The Labute approximate surface area is 167 Å². The fourth-order valence-corrected chi connectivity index (χ4v) is 3.69. The Balaban J connectivity index is 1.66. The minimum Gasteiger partial charge on any atom is -0.454 e. The monoisotopic (exact) mass is 389 g/mol. The van der Waals surface area contributed by atoms with E-state index in [1.54, 1.807) is 4.68 Å². The fourth-order valence-electron chi connectivity index (χ4n) is 3.69. The van der Waals surface area contributed by atoms with Gasteiger partial charge in [-0.05, 0) is 31.5 Å². The van der Waals surface area contributed by atoms with Gasteiger partial charge in [0, 0.05) is 11.3 Å². The molecule has 0 fully saturated rings. The summed E-state index contributed by atoms with van der Waals surface area (Å²) in [6, 6.07) is 13.0. The number of rotatable bonds is 3. The van der Waals surface area contributed by atoms with E-state index in [0.717, 1.165) is 16.7 Å². The Kier molecular flexibility index (Phi) is 3.80. The molecule has 2 aromatic carbocycles. The number of benzene rings is 2. The number of aromatic nitrogens is 3. The summed E-state index contributed by atoms with van der Waals surface area (Å²) in [6.07, 6.45) is 0. The first kappa shape index (κ1) is 17.3. The number of allylic oxidation sites excluding steroid dienone is 1. The number of carbonyl (C=O) groups is 1. The van der Waals surface area contributed by atoms with Crippen molar-refractivity contribution in [3.63, 3.8) is 0 Å². The number of primary amides is 1. The van der Waals surface area contributed by atoms with Crippen LogP contribution < -0.4 is 20.5 Å². The van der Waals surface area contributed by atoms with Crippen molar-refractivity contribution < 1.29 is 14.3 Å². The van der Waals surface area contributed by atoms with Crippen LogP contribution >= 0.6 is 0 Å². The number of amides is 1. The largest absolute Gasteiger partial charge is 0.454 e. The molecule has 3 N–H and O–H groups in total. The van der Waals surface area contributed by atoms with E-state index in [1.807, 2.05) is 56.3 Å². The van der Waals surface area contributed by atoms with E-state index in [0.29, 0.717) is 34.5 Å². The number of nitrogens with zero attached hydrogens (tertiary/aromatic N) is 3. The van der Waals surface area contributed by atoms with E-state index < -0.39 is 11.9 Å². The molecule has 1 atom stereocenters. The summed E-state index contributed by atoms with van der Waals surface area (Å²) in [5.74, 6) is 1.89. The molecule has 3 heterocycles. The molecule has 0 saturated heterocycles. The number of hydrogen-bond donors (Lipinski definition) is 2. The molecule has 0 spiro atoms. The fraction of sp³-hybridized carbons (Fsp3) is 0.190. The van der Waals surface area contributed by atoms with Crippen LogP contribution in [-0.4, -0.2) is 27.5 Å². The van der Waals surface area contributed by atoms with Crippen molar-refractivity contribution in [2.75, 3.05) is 12.1 Å². The Bertz CT molecular complexity index is 1160. The quantitative estimate of drug-likeness (QED) is 0.714. The molecule has 8 nitrogen and oxygen atoms in total. The van der Waals surface area contributed by atoms with Crippen LogP contribution in [0.15, 0.2) is 53.7 Å². The Hall–Kier alpha value is -3.81. The highest BCUT2D eigenvalue weighted by Crippen LogP contribution is 2.40. The van der Waals surface area contributed by atoms with Gasteiger partial charge in [-0.25, -0.2) is 4.68 Å². The van der Waals surface area contributed by atoms with Crippen molar-refractivity contribution in [3.05, 3.63) is 64.9 Å². The minimum atomic E-state index is -0.523. The van der Waals surface area contributed by atoms with E-state index >= 15 is 0 Å². The second-order valence-corrected chi connectivity index (χ2v) is 7.11. The van der Waals surface area contributed by atoms with E-state index in [9.17, 15) is 4.79 Å². The lowest BCUT2D eigenvalue weighted by Crippen LogP contribution is -2.31. The first-order valence-corrected chi connectivity index (χ1v) is 9.22. The van der Waals surface area contributed by atoms with Crippen molar-refractivity contribution in [1.29, 1.82) is 0 Å². The summed E-state index contributed by atoms with van der Waals surface area (Å²) >= 11 is 0. The van der Waals surface area contributed by atoms with E-state index in [-0.39, 0.29) is 6.79 Å². The van der Waals surface area contributed by atoms with Crippen LogP contribution in [0.3, 0.4) is 0 Å². The zero-order valence-electron chi connectivity index (χ0n) is 16.0. The number of nitrogens with one attached hydrogen (secondary N) is 1. The number of carbonyl (C=O) groups excluding carboxylic acids is 1. The van der Waals surface area contributed by atoms with Gasteiger partial charge in [-0.2, -0.15) is 4.98 Å². The minimum absolute atomic E-state index is 0.175. The molecule has 0 radical (unpaired) electrons. The summed E-state index contributed by atoms with van der Waals surface area (Å²) in [5.41, 5.74) is 9.67. The topological polar surface area (TPSA) is 104 Å². The van der Waals surface area contributed by atoms with Gasteiger partial charge >= 0.3 is 0 Å². The van der Waals surface area contributed by atoms with Crippen molar-refractivity contribution in [2.24, 2.45) is 5.73 Å². The predicted molar refractivity (Wildman–Crippen MR) is 106 cm³/mol. The van der Waals surface area contributed by atoms with Crippen LogP contribution in [0.2, 0.25) is 0 Å². The average molecular weight is 389 g/mol. The van der Waals surface area contributed by atoms with Gasteiger partial charge in [-0.15, -0.1) is 5.10 Å². The van der Waals surface area contributed by atoms with Crippen molar-refractivity contribution in [1.82, 2.24) is 14.8 Å². The van der Waals surface area contributed by atoms with E-state index in [2.05, 4.69) is 10.3 Å². The third kappa shape index (κ3) is 2.80. The molecule has 2 aliphatic rings. The molecule has 146 valence electrons. The lowest BCUT2D eigenvalue weighted by Gasteiger charge is -2.27. The molecule has 1 unspecified atom stereocenters. The summed E-state index contributed by atoms with van der Waals surface area (Å²) in [5, 5.41) is 7.86. The molecular formula is C21H19N5O3. The van der Waals surface area contributed by atoms with Crippen LogP contribution in [0.4, 0.5) is 5.95 Å². The standard InChI is InChI=1S/C21H19N5O3/c1-11-3-5-13(6-4-11)20-24-21-23-12(2)17(19(22)27)18(26(21)25-20)14-7-8-15-16(9-14)29-10-28-15/h3-9,18H,10H2,1-2H3,(H2,22,27)(H,23,24,25). The van der Waals surface area contributed by atoms with E-state index in [4.69, 9.17) is 20.3 Å². The summed E-state index contributed by atoms with van der Waals surface area (Å²) in [4.78, 5) is 17.0. The third-order valence-corrected chi connectivity index (χ3v) is 5.14. The smallest absolute Gasteiger partial charge is 0.248 e. The van der Waals surface area contributed by atoms with Gasteiger partial charge in [0.05, 0.1) is 5.57 Å². The van der Waals surface area contributed by atoms with Crippen LogP contribution in [0.1, 0.15) is 24.1 Å². The lowest BCUT2D eigenvalue weighted by atomic mass is 9.95. The molecule has 5 rings (SSSR count). The summed E-state index contributed by atoms with van der Waals surface area (Å²) in [6.45, 7) is 4.01. The van der Waals surface area contributed by atoms with Crippen LogP contribution in [0, 0.1) is 6.92 Å². The van der Waals surface area contributed by atoms with Crippen molar-refractivity contribution in [3.8, 4) is 22.9 Å². The number of nitrogens with two attached hydrogens (primary N) is 1. The summed E-state index contributed by atoms with van der Waals surface area (Å²) < 4.78 is 12.6. The highest BCUT2D eigenvalue weighted by atomic mass is 16.7. The molecular weight excluding hydrogens is 370 g/mol. The van der Waals surface area contributed by atoms with Crippen molar-refractivity contribution >= 4 is 11.9 Å². The zero-order chi connectivity index (χ0) is 20.1. The molecule has 29 heavy (non-hydrogen) atoms. The average Bonchev–Trinajstić information content (AvgIpc) is 3.33. The third-order valence-electron chi connectivity index (χ3n) is 5.14. The summed E-state index contributed by atoms with van der Waals surface area (Å²) in [7, 11) is 0. The van der Waals surface area contributed by atoms with E-state index in [1.165, 1.54) is 0 Å². The molecule has 1 amide bonds. The maximum Gasteiger partial charge on any atom is 0.248 e. The second-order valence-electron chi connectivity index (χ2n) is 7.11. The molecule has 0 saturated carbocycles. The molecule has 1 aromatic heterocycles. The van der Waals surface area contributed by atoms with Gasteiger partial charge in [0.1, 0.15) is 6.04 Å². The van der Waals surface area contributed by atoms with Crippen LogP contribution in [0.25, 0.3) is 11.4 Å². The van der Waals surface area contributed by atoms with Gasteiger partial charge in [-0.1, -0.05) is 35.9 Å². The normalized spacial score (nSPS) is 17.1. The van der Waals surface area contributed by atoms with Gasteiger partial charge in [0.25, 0.3) is 0 Å². The Morgan fingerprint density at radius 1 is 1.14 bits per heavy atom. The number of ether oxygens (including phenoxy) is 2. The van der Waals surface area contributed by atoms with Crippen molar-refractivity contribution in [2.45, 2.75) is 19.9 Å². The first-order valence-electron chi connectivity index (χ1n) is 9.22. The Morgan fingerprint density at radius 3 is 2.66 bits per heavy atom. The number of aryl methyl sites for hydroxylation is 1. The van der Waals surface area contributed by atoms with Gasteiger partial charge < -0.3 is 20.5 Å². The number of anilines is 1. The van der Waals surface area contributed by atoms with Crippen LogP contribution in [0.5, 0.6) is 11.5 Å². The Morgan fingerprint density at radius 2 is 1.90 bits per heavy atom.